The van der Waals surface area contributed by atoms with Gasteiger partial charge in [-0.2, -0.15) is 0 Å². The molecule has 3 aromatic rings. The van der Waals surface area contributed by atoms with Crippen LogP contribution in [0.3, 0.4) is 0 Å². The van der Waals surface area contributed by atoms with Crippen molar-refractivity contribution < 1.29 is 19.5 Å². The van der Waals surface area contributed by atoms with E-state index in [-0.39, 0.29) is 11.7 Å². The van der Waals surface area contributed by atoms with Crippen molar-refractivity contribution in [3.63, 3.8) is 0 Å². The van der Waals surface area contributed by atoms with Gasteiger partial charge < -0.3 is 10.1 Å². The van der Waals surface area contributed by atoms with Crippen LogP contribution >= 0.6 is 0 Å². The smallest absolute Gasteiger partial charge is 0.267 e. The van der Waals surface area contributed by atoms with Crippen molar-refractivity contribution in [1.29, 1.82) is 0 Å². The molecule has 1 atom stereocenters. The molecule has 33 heavy (non-hydrogen) atoms. The minimum absolute atomic E-state index is 0.235. The fourth-order valence-electron chi connectivity index (χ4n) is 4.75. The molecule has 4 rings (SSSR count). The summed E-state index contributed by atoms with van der Waals surface area (Å²) in [4.78, 5) is 16.8. The van der Waals surface area contributed by atoms with Gasteiger partial charge in [-0.3, -0.25) is 14.9 Å². The number of para-hydroxylation sites is 1. The van der Waals surface area contributed by atoms with E-state index in [0.717, 1.165) is 54.2 Å². The molecule has 2 aromatic carbocycles. The molecule has 1 unspecified atom stereocenters. The number of hydroxylamine groups is 1. The molecule has 1 saturated heterocycles. The average Bonchev–Trinajstić information content (AvgIpc) is 3.19. The Kier molecular flexibility index (Phi) is 6.65. The second-order valence-electron chi connectivity index (χ2n) is 9.25. The molecule has 1 aliphatic heterocycles. The molecule has 0 radical (unpaired) electrons. The second-order valence-corrected chi connectivity index (χ2v) is 9.25. The third kappa shape index (κ3) is 5.16. The number of aromatic amines is 1. The first-order valence-corrected chi connectivity index (χ1v) is 11.2. The van der Waals surface area contributed by atoms with E-state index >= 15 is 0 Å². The highest BCUT2D eigenvalue weighted by molar-refractivity contribution is 5.90. The molecular formula is C26H30FN3O3. The average molecular weight is 452 g/mol. The summed E-state index contributed by atoms with van der Waals surface area (Å²) in [5.41, 5.74) is 4.70. The molecule has 0 aliphatic carbocycles. The number of carbonyl (C=O) groups excluding carboxylic acids is 1. The maximum Gasteiger partial charge on any atom is 0.267 e. The Labute approximate surface area is 192 Å². The largest absolute Gasteiger partial charge is 0.384 e. The number of aromatic nitrogens is 1. The van der Waals surface area contributed by atoms with Crippen molar-refractivity contribution in [1.82, 2.24) is 15.4 Å². The quantitative estimate of drug-likeness (QED) is 0.254. The van der Waals surface area contributed by atoms with Gasteiger partial charge in [-0.15, -0.1) is 0 Å². The van der Waals surface area contributed by atoms with Crippen LogP contribution in [0.2, 0.25) is 0 Å². The van der Waals surface area contributed by atoms with Crippen LogP contribution in [0.15, 0.2) is 48.5 Å². The zero-order chi connectivity index (χ0) is 23.6. The van der Waals surface area contributed by atoms with Gasteiger partial charge in [0.1, 0.15) is 5.82 Å². The number of nitrogens with zero attached hydrogens (tertiary/aromatic N) is 1. The fourth-order valence-corrected chi connectivity index (χ4v) is 4.75. The lowest BCUT2D eigenvalue weighted by Crippen LogP contribution is -2.35. The van der Waals surface area contributed by atoms with Gasteiger partial charge in [-0.1, -0.05) is 30.3 Å². The van der Waals surface area contributed by atoms with Crippen LogP contribution in [-0.4, -0.2) is 39.2 Å². The van der Waals surface area contributed by atoms with E-state index in [1.165, 1.54) is 17.6 Å². The summed E-state index contributed by atoms with van der Waals surface area (Å²) < 4.78 is 14.8. The topological polar surface area (TPSA) is 88.6 Å². The molecule has 7 heteroatoms. The number of fused-ring (bicyclic) bond motifs is 1. The van der Waals surface area contributed by atoms with Crippen molar-refractivity contribution >= 4 is 22.9 Å². The van der Waals surface area contributed by atoms with Crippen LogP contribution in [0.1, 0.15) is 55.0 Å². The van der Waals surface area contributed by atoms with Crippen molar-refractivity contribution in [2.75, 3.05) is 13.1 Å². The molecule has 6 nitrogen and oxygen atoms in total. The molecule has 2 heterocycles. The minimum Gasteiger partial charge on any atom is -0.384 e. The Hall–Kier alpha value is -3.00. The molecule has 1 amide bonds. The van der Waals surface area contributed by atoms with Crippen molar-refractivity contribution in [3.8, 4) is 0 Å². The third-order valence-electron chi connectivity index (χ3n) is 6.28. The van der Waals surface area contributed by atoms with Gasteiger partial charge in [-0.25, -0.2) is 9.87 Å². The summed E-state index contributed by atoms with van der Waals surface area (Å²) in [5, 5.41) is 20.5. The highest BCUT2D eigenvalue weighted by Gasteiger charge is 2.31. The molecule has 174 valence electrons. The Morgan fingerprint density at radius 3 is 2.82 bits per heavy atom. The molecule has 4 N–H and O–H groups in total. The monoisotopic (exact) mass is 451 g/mol. The van der Waals surface area contributed by atoms with Gasteiger partial charge in [0, 0.05) is 35.6 Å². The first-order valence-electron chi connectivity index (χ1n) is 11.2. The van der Waals surface area contributed by atoms with E-state index in [1.807, 2.05) is 18.2 Å². The van der Waals surface area contributed by atoms with Crippen molar-refractivity contribution in [2.45, 2.75) is 44.8 Å². The predicted octanol–water partition coefficient (Wildman–Crippen LogP) is 4.43. The molecule has 1 aliphatic rings. The summed E-state index contributed by atoms with van der Waals surface area (Å²) >= 11 is 0. The van der Waals surface area contributed by atoms with E-state index < -0.39 is 11.5 Å². The number of piperidine rings is 1. The summed E-state index contributed by atoms with van der Waals surface area (Å²) in [6.45, 7) is 5.76. The summed E-state index contributed by atoms with van der Waals surface area (Å²) in [5.74, 6) is -0.756. The van der Waals surface area contributed by atoms with Crippen molar-refractivity contribution in [2.24, 2.45) is 0 Å². The SMILES string of the molecule is CC(C)(O)c1[nH]c2ccccc2c1C1CCCN(Cc2ccc(/C=C/C(=O)NO)cc2F)C1. The molecule has 1 aromatic heterocycles. The first-order chi connectivity index (χ1) is 15.8. The lowest BCUT2D eigenvalue weighted by molar-refractivity contribution is -0.124. The number of hydrogen-bond donors (Lipinski definition) is 4. The van der Waals surface area contributed by atoms with E-state index in [9.17, 15) is 14.3 Å². The lowest BCUT2D eigenvalue weighted by Gasteiger charge is -2.34. The third-order valence-corrected chi connectivity index (χ3v) is 6.28. The van der Waals surface area contributed by atoms with Gasteiger partial charge in [-0.05, 0) is 68.5 Å². The zero-order valence-electron chi connectivity index (χ0n) is 18.9. The van der Waals surface area contributed by atoms with Crippen LogP contribution in [0.5, 0.6) is 0 Å². The van der Waals surface area contributed by atoms with E-state index in [0.29, 0.717) is 17.7 Å². The number of H-pyrrole nitrogens is 1. The van der Waals surface area contributed by atoms with Gasteiger partial charge in [0.05, 0.1) is 11.3 Å². The number of carbonyl (C=O) groups is 1. The second kappa shape index (κ2) is 9.47. The Morgan fingerprint density at radius 1 is 1.30 bits per heavy atom. The number of nitrogens with one attached hydrogen (secondary N) is 2. The van der Waals surface area contributed by atoms with Crippen molar-refractivity contribution in [3.05, 3.63) is 76.7 Å². The van der Waals surface area contributed by atoms with E-state index in [1.54, 1.807) is 26.0 Å². The molecule has 1 fully saturated rings. The first kappa shape index (κ1) is 23.2. The number of aliphatic hydroxyl groups is 1. The predicted molar refractivity (Wildman–Crippen MR) is 126 cm³/mol. The minimum atomic E-state index is -0.987. The molecule has 0 bridgehead atoms. The molecular weight excluding hydrogens is 421 g/mol. The van der Waals surface area contributed by atoms with Crippen LogP contribution in [-0.2, 0) is 16.9 Å². The summed E-state index contributed by atoms with van der Waals surface area (Å²) in [7, 11) is 0. The highest BCUT2D eigenvalue weighted by Crippen LogP contribution is 2.39. The van der Waals surface area contributed by atoms with Crippen LogP contribution < -0.4 is 5.48 Å². The zero-order valence-corrected chi connectivity index (χ0v) is 18.9. The number of hydrogen-bond acceptors (Lipinski definition) is 4. The number of likely N-dealkylation sites (tertiary alicyclic amines) is 1. The van der Waals surface area contributed by atoms with E-state index in [4.69, 9.17) is 5.21 Å². The van der Waals surface area contributed by atoms with Crippen LogP contribution in [0, 0.1) is 5.82 Å². The number of rotatable bonds is 6. The van der Waals surface area contributed by atoms with Gasteiger partial charge in [0.25, 0.3) is 5.91 Å². The van der Waals surface area contributed by atoms with Gasteiger partial charge in [0.2, 0.25) is 0 Å². The summed E-state index contributed by atoms with van der Waals surface area (Å²) in [6.07, 6.45) is 4.60. The Morgan fingerprint density at radius 2 is 2.09 bits per heavy atom. The Balaban J connectivity index is 1.55. The maximum atomic E-state index is 14.8. The van der Waals surface area contributed by atoms with Crippen LogP contribution in [0.4, 0.5) is 4.39 Å². The van der Waals surface area contributed by atoms with Crippen LogP contribution in [0.25, 0.3) is 17.0 Å². The van der Waals surface area contributed by atoms with Gasteiger partial charge in [0.15, 0.2) is 0 Å². The maximum absolute atomic E-state index is 14.8. The normalized spacial score (nSPS) is 17.7. The fraction of sp³-hybridized carbons (Fsp3) is 0.346. The number of halogens is 1. The number of benzene rings is 2. The lowest BCUT2D eigenvalue weighted by atomic mass is 9.85. The Bertz CT molecular complexity index is 1180. The van der Waals surface area contributed by atoms with E-state index in [2.05, 4.69) is 16.0 Å². The molecule has 0 saturated carbocycles. The number of amides is 1. The summed E-state index contributed by atoms with van der Waals surface area (Å²) in [6, 6.07) is 13.0. The van der Waals surface area contributed by atoms with Gasteiger partial charge >= 0.3 is 0 Å². The molecule has 0 spiro atoms. The highest BCUT2D eigenvalue weighted by atomic mass is 19.1. The standard InChI is InChI=1S/C26H30FN3O3/c1-26(2,32)25-24(20-7-3-4-8-22(20)28-25)19-6-5-13-30(16-19)15-18-11-9-17(14-21(18)27)10-12-23(31)29-33/h3-4,7-12,14,19,28,32-33H,5-6,13,15-16H2,1-2H3,(H,29,31)/b12-10+.